The third-order valence-electron chi connectivity index (χ3n) is 8.70. The monoisotopic (exact) mass is 515 g/mol. The molecule has 1 aliphatic rings. The van der Waals surface area contributed by atoms with Crippen LogP contribution in [0.1, 0.15) is 36.1 Å². The van der Waals surface area contributed by atoms with E-state index in [1.807, 2.05) is 0 Å². The first kappa shape index (κ1) is 24.4. The van der Waals surface area contributed by atoms with Gasteiger partial charge in [0.05, 0.1) is 5.69 Å². The van der Waals surface area contributed by atoms with Crippen molar-refractivity contribution in [2.45, 2.75) is 33.1 Å². The molecule has 0 spiro atoms. The average Bonchev–Trinajstić information content (AvgIpc) is 3.21. The largest absolute Gasteiger partial charge is 0.310 e. The summed E-state index contributed by atoms with van der Waals surface area (Å²) in [4.78, 5) is 2.44. The molecular formula is C39H33N. The van der Waals surface area contributed by atoms with E-state index in [9.17, 15) is 0 Å². The SMILES string of the molecule is Cc1ccccc1-c1cc2ccccc2cc1N(c1ccccc1)c1ccc2c(c1)C(C)(C)c1cccc(C)c1-2. The Morgan fingerprint density at radius 1 is 0.475 bits per heavy atom. The van der Waals surface area contributed by atoms with Crippen LogP contribution in [0.5, 0.6) is 0 Å². The lowest BCUT2D eigenvalue weighted by molar-refractivity contribution is 0.660. The zero-order valence-electron chi connectivity index (χ0n) is 23.6. The highest BCUT2D eigenvalue weighted by atomic mass is 15.1. The molecule has 1 heteroatoms. The van der Waals surface area contributed by atoms with E-state index in [2.05, 4.69) is 160 Å². The molecule has 0 saturated heterocycles. The molecule has 0 saturated carbocycles. The Balaban J connectivity index is 1.52. The molecule has 0 bridgehead atoms. The normalized spacial score (nSPS) is 13.2. The van der Waals surface area contributed by atoms with Crippen LogP contribution >= 0.6 is 0 Å². The second-order valence-electron chi connectivity index (χ2n) is 11.6. The van der Waals surface area contributed by atoms with Crippen molar-refractivity contribution in [3.8, 4) is 22.3 Å². The van der Waals surface area contributed by atoms with E-state index in [1.165, 1.54) is 66.7 Å². The van der Waals surface area contributed by atoms with Crippen LogP contribution in [-0.4, -0.2) is 0 Å². The Bertz CT molecular complexity index is 1890. The molecule has 0 radical (unpaired) electrons. The van der Waals surface area contributed by atoms with Crippen LogP contribution in [0.4, 0.5) is 17.1 Å². The molecular weight excluding hydrogens is 482 g/mol. The summed E-state index contributed by atoms with van der Waals surface area (Å²) in [5.74, 6) is 0. The average molecular weight is 516 g/mol. The van der Waals surface area contributed by atoms with Crippen molar-refractivity contribution < 1.29 is 0 Å². The lowest BCUT2D eigenvalue weighted by Gasteiger charge is -2.30. The number of nitrogens with zero attached hydrogens (tertiary/aromatic N) is 1. The summed E-state index contributed by atoms with van der Waals surface area (Å²) < 4.78 is 0. The molecule has 0 aliphatic heterocycles. The van der Waals surface area contributed by atoms with Gasteiger partial charge >= 0.3 is 0 Å². The molecule has 0 N–H and O–H groups in total. The minimum Gasteiger partial charge on any atom is -0.310 e. The van der Waals surface area contributed by atoms with E-state index in [0.717, 1.165) is 5.69 Å². The quantitative estimate of drug-likeness (QED) is 0.226. The van der Waals surface area contributed by atoms with Crippen molar-refractivity contribution in [1.29, 1.82) is 0 Å². The molecule has 40 heavy (non-hydrogen) atoms. The van der Waals surface area contributed by atoms with Crippen molar-refractivity contribution in [2.75, 3.05) is 4.90 Å². The van der Waals surface area contributed by atoms with E-state index in [1.54, 1.807) is 0 Å². The van der Waals surface area contributed by atoms with Gasteiger partial charge in [-0.1, -0.05) is 105 Å². The Hall–Kier alpha value is -4.62. The number of hydrogen-bond acceptors (Lipinski definition) is 1. The predicted molar refractivity (Wildman–Crippen MR) is 171 cm³/mol. The number of fused-ring (bicyclic) bond motifs is 4. The molecule has 0 fully saturated rings. The number of rotatable bonds is 4. The highest BCUT2D eigenvalue weighted by molar-refractivity contribution is 5.99. The van der Waals surface area contributed by atoms with Crippen LogP contribution in [0.3, 0.4) is 0 Å². The molecule has 0 aromatic heterocycles. The lowest BCUT2D eigenvalue weighted by Crippen LogP contribution is -2.17. The maximum absolute atomic E-state index is 2.44. The Kier molecular flexibility index (Phi) is 5.64. The summed E-state index contributed by atoms with van der Waals surface area (Å²) >= 11 is 0. The molecule has 0 amide bonds. The number of para-hydroxylation sites is 1. The van der Waals surface area contributed by atoms with Crippen LogP contribution in [0.25, 0.3) is 33.0 Å². The predicted octanol–water partition coefficient (Wildman–Crippen LogP) is 10.9. The Labute approximate surface area is 237 Å². The first-order valence-corrected chi connectivity index (χ1v) is 14.1. The van der Waals surface area contributed by atoms with E-state index >= 15 is 0 Å². The van der Waals surface area contributed by atoms with Crippen LogP contribution in [0.15, 0.2) is 127 Å². The Morgan fingerprint density at radius 2 is 1.15 bits per heavy atom. The van der Waals surface area contributed by atoms with Crippen LogP contribution < -0.4 is 4.90 Å². The molecule has 7 rings (SSSR count). The first-order chi connectivity index (χ1) is 19.4. The van der Waals surface area contributed by atoms with Gasteiger partial charge in [0.2, 0.25) is 0 Å². The zero-order valence-corrected chi connectivity index (χ0v) is 23.6. The van der Waals surface area contributed by atoms with Gasteiger partial charge in [-0.25, -0.2) is 0 Å². The second-order valence-corrected chi connectivity index (χ2v) is 11.6. The van der Waals surface area contributed by atoms with Gasteiger partial charge in [0, 0.05) is 22.4 Å². The fraction of sp³-hybridized carbons (Fsp3) is 0.128. The fourth-order valence-corrected chi connectivity index (χ4v) is 6.61. The lowest BCUT2D eigenvalue weighted by atomic mass is 9.82. The highest BCUT2D eigenvalue weighted by Crippen LogP contribution is 2.52. The van der Waals surface area contributed by atoms with Gasteiger partial charge in [0.15, 0.2) is 0 Å². The zero-order chi connectivity index (χ0) is 27.4. The number of anilines is 3. The van der Waals surface area contributed by atoms with Gasteiger partial charge in [0.1, 0.15) is 0 Å². The van der Waals surface area contributed by atoms with Crippen LogP contribution in [-0.2, 0) is 5.41 Å². The minimum absolute atomic E-state index is 0.0721. The number of benzene rings is 6. The summed E-state index contributed by atoms with van der Waals surface area (Å²) in [6.07, 6.45) is 0. The van der Waals surface area contributed by atoms with Crippen molar-refractivity contribution >= 4 is 27.8 Å². The summed E-state index contributed by atoms with van der Waals surface area (Å²) in [5, 5.41) is 2.49. The summed E-state index contributed by atoms with van der Waals surface area (Å²) in [6.45, 7) is 9.17. The molecule has 194 valence electrons. The third kappa shape index (κ3) is 3.77. The second kappa shape index (κ2) is 9.24. The molecule has 1 nitrogen and oxygen atoms in total. The van der Waals surface area contributed by atoms with Crippen molar-refractivity contribution in [2.24, 2.45) is 0 Å². The Morgan fingerprint density at radius 3 is 1.93 bits per heavy atom. The topological polar surface area (TPSA) is 3.24 Å². The fourth-order valence-electron chi connectivity index (χ4n) is 6.61. The van der Waals surface area contributed by atoms with Gasteiger partial charge < -0.3 is 4.90 Å². The van der Waals surface area contributed by atoms with Crippen LogP contribution in [0, 0.1) is 13.8 Å². The number of hydrogen-bond donors (Lipinski definition) is 0. The van der Waals surface area contributed by atoms with E-state index < -0.39 is 0 Å². The van der Waals surface area contributed by atoms with Gasteiger partial charge in [-0.3, -0.25) is 0 Å². The van der Waals surface area contributed by atoms with Gasteiger partial charge in [-0.05, 0) is 100.0 Å². The third-order valence-corrected chi connectivity index (χ3v) is 8.70. The minimum atomic E-state index is -0.0721. The van der Waals surface area contributed by atoms with E-state index in [0.29, 0.717) is 0 Å². The summed E-state index contributed by atoms with van der Waals surface area (Å²) in [7, 11) is 0. The molecule has 0 unspecified atom stereocenters. The maximum atomic E-state index is 2.44. The summed E-state index contributed by atoms with van der Waals surface area (Å²) in [6, 6.07) is 46.7. The molecule has 1 aliphatic carbocycles. The smallest absolute Gasteiger partial charge is 0.0546 e. The van der Waals surface area contributed by atoms with Gasteiger partial charge in [0.25, 0.3) is 0 Å². The van der Waals surface area contributed by atoms with E-state index in [4.69, 9.17) is 0 Å². The molecule has 0 heterocycles. The molecule has 0 atom stereocenters. The van der Waals surface area contributed by atoms with Crippen molar-refractivity contribution in [1.82, 2.24) is 0 Å². The summed E-state index contributed by atoms with van der Waals surface area (Å²) in [5.41, 5.74) is 14.1. The first-order valence-electron chi connectivity index (χ1n) is 14.1. The molecule has 6 aromatic carbocycles. The van der Waals surface area contributed by atoms with Gasteiger partial charge in [-0.2, -0.15) is 0 Å². The number of aryl methyl sites for hydroxylation is 2. The standard InChI is InChI=1S/C39H33N/c1-26-13-8-11-19-32(26)34-23-28-15-9-10-16-29(28)24-37(34)40(30-17-6-5-7-18-30)31-21-22-33-36(25-31)39(3,4)35-20-12-14-27(2)38(33)35/h5-25H,1-4H3. The van der Waals surface area contributed by atoms with Gasteiger partial charge in [-0.15, -0.1) is 0 Å². The maximum Gasteiger partial charge on any atom is 0.0546 e. The van der Waals surface area contributed by atoms with Crippen molar-refractivity contribution in [3.05, 3.63) is 150 Å². The highest BCUT2D eigenvalue weighted by Gasteiger charge is 2.36. The van der Waals surface area contributed by atoms with E-state index in [-0.39, 0.29) is 5.41 Å². The van der Waals surface area contributed by atoms with Crippen LogP contribution in [0.2, 0.25) is 0 Å². The van der Waals surface area contributed by atoms with Crippen molar-refractivity contribution in [3.63, 3.8) is 0 Å². The molecule has 6 aromatic rings.